The highest BCUT2D eigenvalue weighted by molar-refractivity contribution is 7.10. The summed E-state index contributed by atoms with van der Waals surface area (Å²) < 4.78 is 6.71. The molecule has 3 aromatic rings. The fourth-order valence-electron chi connectivity index (χ4n) is 3.46. The molecule has 0 saturated carbocycles. The monoisotopic (exact) mass is 434 g/mol. The average Bonchev–Trinajstić information content (AvgIpc) is 2.97. The van der Waals surface area contributed by atoms with Crippen molar-refractivity contribution in [2.75, 3.05) is 12.0 Å². The largest absolute Gasteiger partial charge is 0.497 e. The van der Waals surface area contributed by atoms with E-state index < -0.39 is 0 Å². The third-order valence-electron chi connectivity index (χ3n) is 4.83. The van der Waals surface area contributed by atoms with E-state index in [1.165, 1.54) is 4.57 Å². The Kier molecular flexibility index (Phi) is 4.95. The van der Waals surface area contributed by atoms with E-state index in [0.717, 1.165) is 21.8 Å². The first-order chi connectivity index (χ1) is 13.4. The van der Waals surface area contributed by atoms with Gasteiger partial charge < -0.3 is 4.74 Å². The minimum atomic E-state index is -0.291. The van der Waals surface area contributed by atoms with Gasteiger partial charge in [0.2, 0.25) is 5.91 Å². The SMILES string of the molecule is COc1ccc(N2C(=O)C[C@H](c3ccc(Cl)cc3Cl)c3sc(=O)n(C)c32)cc1. The summed E-state index contributed by atoms with van der Waals surface area (Å²) in [5.41, 5.74) is 1.47. The van der Waals surface area contributed by atoms with Crippen LogP contribution in [0.15, 0.2) is 47.3 Å². The van der Waals surface area contributed by atoms with Crippen LogP contribution >= 0.6 is 34.5 Å². The molecule has 1 aliphatic heterocycles. The number of hydrogen-bond acceptors (Lipinski definition) is 4. The van der Waals surface area contributed by atoms with Crippen LogP contribution in [0, 0.1) is 0 Å². The molecule has 1 aromatic heterocycles. The molecule has 0 N–H and O–H groups in total. The Morgan fingerprint density at radius 1 is 1.11 bits per heavy atom. The van der Waals surface area contributed by atoms with E-state index in [1.807, 2.05) is 6.07 Å². The number of methoxy groups -OCH3 is 1. The quantitative estimate of drug-likeness (QED) is 0.584. The Hall–Kier alpha value is -2.28. The maximum absolute atomic E-state index is 13.2. The van der Waals surface area contributed by atoms with Gasteiger partial charge in [-0.3, -0.25) is 19.1 Å². The molecule has 0 saturated heterocycles. The molecular weight excluding hydrogens is 419 g/mol. The second kappa shape index (κ2) is 7.28. The molecule has 5 nitrogen and oxygen atoms in total. The van der Waals surface area contributed by atoms with Gasteiger partial charge in [0.1, 0.15) is 11.6 Å². The van der Waals surface area contributed by atoms with Gasteiger partial charge >= 0.3 is 4.87 Å². The van der Waals surface area contributed by atoms with Crippen molar-refractivity contribution < 1.29 is 9.53 Å². The number of nitrogens with zero attached hydrogens (tertiary/aromatic N) is 2. The Morgan fingerprint density at radius 2 is 1.82 bits per heavy atom. The Labute approximate surface area is 175 Å². The van der Waals surface area contributed by atoms with Crippen LogP contribution < -0.4 is 14.5 Å². The van der Waals surface area contributed by atoms with Crippen molar-refractivity contribution in [1.82, 2.24) is 4.57 Å². The summed E-state index contributed by atoms with van der Waals surface area (Å²) in [6, 6.07) is 12.4. The maximum Gasteiger partial charge on any atom is 0.308 e. The molecule has 144 valence electrons. The van der Waals surface area contributed by atoms with E-state index in [-0.39, 0.29) is 23.1 Å². The van der Waals surface area contributed by atoms with Crippen LogP contribution in [-0.2, 0) is 11.8 Å². The Balaban J connectivity index is 1.87. The molecule has 0 unspecified atom stereocenters. The second-order valence-corrected chi connectivity index (χ2v) is 8.30. The zero-order chi connectivity index (χ0) is 20.0. The summed E-state index contributed by atoms with van der Waals surface area (Å²) >= 11 is 13.6. The molecular formula is C20H16Cl2N2O3S. The normalized spacial score (nSPS) is 16.2. The summed E-state index contributed by atoms with van der Waals surface area (Å²) in [6.45, 7) is 0. The van der Waals surface area contributed by atoms with Crippen LogP contribution in [0.4, 0.5) is 11.5 Å². The van der Waals surface area contributed by atoms with E-state index in [1.54, 1.807) is 55.5 Å². The fourth-order valence-corrected chi connectivity index (χ4v) is 5.08. The van der Waals surface area contributed by atoms with E-state index in [0.29, 0.717) is 27.3 Å². The van der Waals surface area contributed by atoms with Crippen molar-refractivity contribution >= 4 is 52.0 Å². The highest BCUT2D eigenvalue weighted by atomic mass is 35.5. The molecule has 0 fully saturated rings. The first-order valence-electron chi connectivity index (χ1n) is 8.52. The summed E-state index contributed by atoms with van der Waals surface area (Å²) in [5.74, 6) is 0.869. The zero-order valence-electron chi connectivity index (χ0n) is 15.1. The lowest BCUT2D eigenvalue weighted by atomic mass is 9.90. The summed E-state index contributed by atoms with van der Waals surface area (Å²) in [6.07, 6.45) is 0.209. The van der Waals surface area contributed by atoms with E-state index in [4.69, 9.17) is 27.9 Å². The molecule has 0 spiro atoms. The molecule has 28 heavy (non-hydrogen) atoms. The third-order valence-corrected chi connectivity index (χ3v) is 6.53. The number of carbonyl (C=O) groups excluding carboxylic acids is 1. The van der Waals surface area contributed by atoms with Crippen molar-refractivity contribution in [2.45, 2.75) is 12.3 Å². The molecule has 1 atom stereocenters. The van der Waals surface area contributed by atoms with Crippen molar-refractivity contribution in [3.63, 3.8) is 0 Å². The van der Waals surface area contributed by atoms with Gasteiger partial charge in [-0.1, -0.05) is 40.6 Å². The minimum Gasteiger partial charge on any atom is -0.497 e. The number of rotatable bonds is 3. The molecule has 8 heteroatoms. The predicted molar refractivity (Wildman–Crippen MR) is 113 cm³/mol. The minimum absolute atomic E-state index is 0.109. The Bertz CT molecular complexity index is 1120. The summed E-state index contributed by atoms with van der Waals surface area (Å²) in [7, 11) is 3.26. The summed E-state index contributed by atoms with van der Waals surface area (Å²) in [5, 5.41) is 1.01. The van der Waals surface area contributed by atoms with Crippen molar-refractivity contribution in [2.24, 2.45) is 7.05 Å². The molecule has 1 amide bonds. The van der Waals surface area contributed by atoms with Crippen LogP contribution in [0.2, 0.25) is 10.0 Å². The smallest absolute Gasteiger partial charge is 0.308 e. The van der Waals surface area contributed by atoms with Gasteiger partial charge in [0.25, 0.3) is 0 Å². The molecule has 0 radical (unpaired) electrons. The summed E-state index contributed by atoms with van der Waals surface area (Å²) in [4.78, 5) is 27.9. The van der Waals surface area contributed by atoms with Gasteiger partial charge in [-0.25, -0.2) is 0 Å². The molecule has 0 aliphatic carbocycles. The van der Waals surface area contributed by atoms with Gasteiger partial charge in [0.05, 0.1) is 17.7 Å². The van der Waals surface area contributed by atoms with Crippen molar-refractivity contribution in [3.8, 4) is 5.75 Å². The van der Waals surface area contributed by atoms with Crippen molar-refractivity contribution in [3.05, 3.63) is 72.6 Å². The van der Waals surface area contributed by atoms with Crippen LogP contribution in [0.25, 0.3) is 0 Å². The Morgan fingerprint density at radius 3 is 2.46 bits per heavy atom. The topological polar surface area (TPSA) is 51.5 Å². The number of hydrogen-bond donors (Lipinski definition) is 0. The van der Waals surface area contributed by atoms with Gasteiger partial charge in [-0.05, 0) is 42.0 Å². The molecule has 0 bridgehead atoms. The highest BCUT2D eigenvalue weighted by Crippen LogP contribution is 2.46. The first-order valence-corrected chi connectivity index (χ1v) is 10.1. The fraction of sp³-hybridized carbons (Fsp3) is 0.200. The number of aromatic nitrogens is 1. The van der Waals surface area contributed by atoms with Crippen LogP contribution in [0.3, 0.4) is 0 Å². The zero-order valence-corrected chi connectivity index (χ0v) is 17.4. The van der Waals surface area contributed by atoms with Gasteiger partial charge in [0.15, 0.2) is 0 Å². The van der Waals surface area contributed by atoms with Crippen molar-refractivity contribution in [1.29, 1.82) is 0 Å². The molecule has 2 aromatic carbocycles. The van der Waals surface area contributed by atoms with Gasteiger partial charge in [0, 0.05) is 29.4 Å². The number of benzene rings is 2. The standard InChI is InChI=1S/C20H16Cl2N2O3S/c1-23-19-18(28-20(23)26)15(14-8-3-11(21)9-16(14)22)10-17(25)24(19)12-4-6-13(27-2)7-5-12/h3-9,15H,10H2,1-2H3/t15-/m1/s1. The second-order valence-electron chi connectivity index (χ2n) is 6.46. The average molecular weight is 435 g/mol. The lowest BCUT2D eigenvalue weighted by Crippen LogP contribution is -2.34. The number of amides is 1. The number of halogens is 2. The maximum atomic E-state index is 13.2. The molecule has 4 rings (SSSR count). The number of fused-ring (bicyclic) bond motifs is 1. The number of thiazole rings is 1. The van der Waals surface area contributed by atoms with Gasteiger partial charge in [-0.2, -0.15) is 0 Å². The van der Waals surface area contributed by atoms with Crippen LogP contribution in [-0.4, -0.2) is 17.6 Å². The highest BCUT2D eigenvalue weighted by Gasteiger charge is 2.38. The molecule has 1 aliphatic rings. The lowest BCUT2D eigenvalue weighted by molar-refractivity contribution is -0.118. The van der Waals surface area contributed by atoms with E-state index in [2.05, 4.69) is 0 Å². The lowest BCUT2D eigenvalue weighted by Gasteiger charge is -2.32. The van der Waals surface area contributed by atoms with E-state index >= 15 is 0 Å². The number of anilines is 2. The molecule has 2 heterocycles. The first kappa shape index (κ1) is 19.1. The number of carbonyl (C=O) groups is 1. The van der Waals surface area contributed by atoms with Crippen LogP contribution in [0.1, 0.15) is 22.8 Å². The predicted octanol–water partition coefficient (Wildman–Crippen LogP) is 4.96. The third kappa shape index (κ3) is 3.11. The van der Waals surface area contributed by atoms with Crippen LogP contribution in [0.5, 0.6) is 5.75 Å². The van der Waals surface area contributed by atoms with E-state index in [9.17, 15) is 9.59 Å². The number of ether oxygens (including phenoxy) is 1. The van der Waals surface area contributed by atoms with Gasteiger partial charge in [-0.15, -0.1) is 0 Å².